The van der Waals surface area contributed by atoms with E-state index in [1.54, 1.807) is 11.3 Å². The van der Waals surface area contributed by atoms with Gasteiger partial charge in [0, 0.05) is 22.4 Å². The molecule has 2 nitrogen and oxygen atoms in total. The van der Waals surface area contributed by atoms with Crippen molar-refractivity contribution in [3.8, 4) is 0 Å². The molecule has 0 radical (unpaired) electrons. The third-order valence-electron chi connectivity index (χ3n) is 2.78. The Morgan fingerprint density at radius 3 is 3.06 bits per heavy atom. The van der Waals surface area contributed by atoms with E-state index in [9.17, 15) is 4.79 Å². The van der Waals surface area contributed by atoms with E-state index < -0.39 is 0 Å². The lowest BCUT2D eigenvalue weighted by Crippen LogP contribution is -2.08. The van der Waals surface area contributed by atoms with Crippen LogP contribution in [0.2, 0.25) is 0 Å². The van der Waals surface area contributed by atoms with E-state index in [1.165, 1.54) is 4.88 Å². The monoisotopic (exact) mass is 302 g/mol. The Kier molecular flexibility index (Phi) is 4.16. The van der Waals surface area contributed by atoms with E-state index >= 15 is 0 Å². The van der Waals surface area contributed by atoms with Gasteiger partial charge in [0.15, 0.2) is 5.78 Å². The van der Waals surface area contributed by atoms with Gasteiger partial charge in [0.2, 0.25) is 0 Å². The van der Waals surface area contributed by atoms with E-state index in [2.05, 4.69) is 15.9 Å². The van der Waals surface area contributed by atoms with Gasteiger partial charge in [-0.3, -0.25) is 4.79 Å². The van der Waals surface area contributed by atoms with E-state index in [4.69, 9.17) is 4.74 Å². The number of hydrogen-bond donors (Lipinski definition) is 0. The van der Waals surface area contributed by atoms with Crippen LogP contribution in [0.15, 0.2) is 10.5 Å². The van der Waals surface area contributed by atoms with Crippen LogP contribution in [0.3, 0.4) is 0 Å². The molecule has 2 rings (SSSR count). The van der Waals surface area contributed by atoms with Gasteiger partial charge < -0.3 is 4.74 Å². The summed E-state index contributed by atoms with van der Waals surface area (Å²) in [4.78, 5) is 14.0. The van der Waals surface area contributed by atoms with Crippen molar-refractivity contribution >= 4 is 33.0 Å². The van der Waals surface area contributed by atoms with Gasteiger partial charge in [-0.05, 0) is 48.2 Å². The molecule has 1 unspecified atom stereocenters. The molecule has 0 N–H and O–H groups in total. The van der Waals surface area contributed by atoms with Crippen molar-refractivity contribution in [2.24, 2.45) is 0 Å². The first-order valence-electron chi connectivity index (χ1n) is 5.57. The average Bonchev–Trinajstić information content (AvgIpc) is 2.84. The quantitative estimate of drug-likeness (QED) is 0.787. The zero-order valence-electron chi connectivity index (χ0n) is 9.29. The predicted molar refractivity (Wildman–Crippen MR) is 69.3 cm³/mol. The molecule has 0 spiro atoms. The molecule has 0 saturated carbocycles. The molecule has 0 bridgehead atoms. The van der Waals surface area contributed by atoms with Gasteiger partial charge in [-0.1, -0.05) is 0 Å². The molecule has 2 heterocycles. The number of rotatable bonds is 4. The molecule has 1 atom stereocenters. The predicted octanol–water partition coefficient (Wildman–Crippen LogP) is 3.96. The van der Waals surface area contributed by atoms with Crippen molar-refractivity contribution in [3.05, 3.63) is 20.3 Å². The Balaban J connectivity index is 1.90. The molecular weight excluding hydrogens is 288 g/mol. The van der Waals surface area contributed by atoms with Crippen LogP contribution in [-0.4, -0.2) is 18.5 Å². The van der Waals surface area contributed by atoms with Crippen molar-refractivity contribution in [1.82, 2.24) is 0 Å². The zero-order chi connectivity index (χ0) is 11.5. The van der Waals surface area contributed by atoms with Gasteiger partial charge in [0.1, 0.15) is 0 Å². The minimum Gasteiger partial charge on any atom is -0.378 e. The first-order chi connectivity index (χ1) is 7.66. The Labute approximate surface area is 108 Å². The van der Waals surface area contributed by atoms with Crippen LogP contribution in [0.25, 0.3) is 0 Å². The second-order valence-corrected chi connectivity index (χ2v) is 6.24. The summed E-state index contributed by atoms with van der Waals surface area (Å²) < 4.78 is 6.45. The largest absolute Gasteiger partial charge is 0.378 e. The highest BCUT2D eigenvalue weighted by Crippen LogP contribution is 2.29. The summed E-state index contributed by atoms with van der Waals surface area (Å²) in [6, 6.07) is 2.00. The van der Waals surface area contributed by atoms with Crippen molar-refractivity contribution in [2.75, 3.05) is 6.61 Å². The van der Waals surface area contributed by atoms with Crippen LogP contribution in [0.5, 0.6) is 0 Å². The molecule has 16 heavy (non-hydrogen) atoms. The van der Waals surface area contributed by atoms with Crippen molar-refractivity contribution in [2.45, 2.75) is 38.7 Å². The van der Waals surface area contributed by atoms with Crippen LogP contribution in [-0.2, 0) is 4.74 Å². The SMILES string of the molecule is Cc1cc(Br)c(C(=O)CCC2CCCO2)s1. The number of ketones is 1. The maximum atomic E-state index is 12.0. The van der Waals surface area contributed by atoms with E-state index in [-0.39, 0.29) is 5.78 Å². The fraction of sp³-hybridized carbons (Fsp3) is 0.583. The summed E-state index contributed by atoms with van der Waals surface area (Å²) in [6.45, 7) is 2.88. The van der Waals surface area contributed by atoms with Gasteiger partial charge >= 0.3 is 0 Å². The topological polar surface area (TPSA) is 26.3 Å². The van der Waals surface area contributed by atoms with Crippen LogP contribution < -0.4 is 0 Å². The lowest BCUT2D eigenvalue weighted by Gasteiger charge is -2.07. The summed E-state index contributed by atoms with van der Waals surface area (Å²) in [6.07, 6.45) is 4.02. The van der Waals surface area contributed by atoms with Gasteiger partial charge in [0.25, 0.3) is 0 Å². The summed E-state index contributed by atoms with van der Waals surface area (Å²) in [5.41, 5.74) is 0. The second-order valence-electron chi connectivity index (χ2n) is 4.13. The van der Waals surface area contributed by atoms with Crippen LogP contribution in [0, 0.1) is 6.92 Å². The van der Waals surface area contributed by atoms with Gasteiger partial charge in [-0.15, -0.1) is 11.3 Å². The number of carbonyl (C=O) groups is 1. The van der Waals surface area contributed by atoms with Crippen molar-refractivity contribution < 1.29 is 9.53 Å². The highest BCUT2D eigenvalue weighted by molar-refractivity contribution is 9.10. The number of hydrogen-bond acceptors (Lipinski definition) is 3. The fourth-order valence-electron chi connectivity index (χ4n) is 1.95. The number of halogens is 1. The molecule has 4 heteroatoms. The lowest BCUT2D eigenvalue weighted by molar-refractivity contribution is 0.0861. The van der Waals surface area contributed by atoms with Crippen molar-refractivity contribution in [1.29, 1.82) is 0 Å². The number of ether oxygens (including phenoxy) is 1. The standard InChI is InChI=1S/C12H15BrO2S/c1-8-7-10(13)12(16-8)11(14)5-4-9-3-2-6-15-9/h7,9H,2-6H2,1H3. The third-order valence-corrected chi connectivity index (χ3v) is 4.76. The molecule has 1 aromatic heterocycles. The molecule has 1 aliphatic rings. The molecule has 1 aliphatic heterocycles. The summed E-state index contributed by atoms with van der Waals surface area (Å²) in [5.74, 6) is 0.237. The normalized spacial score (nSPS) is 20.2. The second kappa shape index (κ2) is 5.43. The molecule has 1 saturated heterocycles. The first kappa shape index (κ1) is 12.3. The highest BCUT2D eigenvalue weighted by atomic mass is 79.9. The van der Waals surface area contributed by atoms with Crippen molar-refractivity contribution in [3.63, 3.8) is 0 Å². The maximum Gasteiger partial charge on any atom is 0.174 e. The van der Waals surface area contributed by atoms with Gasteiger partial charge in [-0.2, -0.15) is 0 Å². The van der Waals surface area contributed by atoms with E-state index in [0.29, 0.717) is 12.5 Å². The molecule has 1 aromatic rings. The Morgan fingerprint density at radius 2 is 2.50 bits per heavy atom. The minimum absolute atomic E-state index is 0.237. The molecule has 1 fully saturated rings. The summed E-state index contributed by atoms with van der Waals surface area (Å²) in [7, 11) is 0. The van der Waals surface area contributed by atoms with Crippen LogP contribution >= 0.6 is 27.3 Å². The molecule has 0 aromatic carbocycles. The number of thiophene rings is 1. The van der Waals surface area contributed by atoms with Crippen LogP contribution in [0.4, 0.5) is 0 Å². The lowest BCUT2D eigenvalue weighted by atomic mass is 10.1. The Morgan fingerprint density at radius 1 is 1.69 bits per heavy atom. The van der Waals surface area contributed by atoms with Gasteiger partial charge in [0.05, 0.1) is 11.0 Å². The van der Waals surface area contributed by atoms with Gasteiger partial charge in [-0.25, -0.2) is 0 Å². The number of carbonyl (C=O) groups excluding carboxylic acids is 1. The first-order valence-corrected chi connectivity index (χ1v) is 7.18. The van der Waals surface area contributed by atoms with E-state index in [1.807, 2.05) is 13.0 Å². The Bertz CT molecular complexity index is 380. The highest BCUT2D eigenvalue weighted by Gasteiger charge is 2.19. The maximum absolute atomic E-state index is 12.0. The molecule has 88 valence electrons. The number of Topliss-reactive ketones (excluding diaryl/α,β-unsaturated/α-hetero) is 1. The Hall–Kier alpha value is -0.190. The zero-order valence-corrected chi connectivity index (χ0v) is 11.7. The third kappa shape index (κ3) is 2.93. The summed E-state index contributed by atoms with van der Waals surface area (Å²) >= 11 is 5.00. The smallest absolute Gasteiger partial charge is 0.174 e. The molecule has 0 amide bonds. The summed E-state index contributed by atoms with van der Waals surface area (Å²) in [5, 5.41) is 0. The van der Waals surface area contributed by atoms with Crippen LogP contribution in [0.1, 0.15) is 40.2 Å². The minimum atomic E-state index is 0.237. The fourth-order valence-corrected chi connectivity index (χ4v) is 3.78. The number of aryl methyl sites for hydroxylation is 1. The molecular formula is C12H15BrO2S. The molecule has 0 aliphatic carbocycles. The average molecular weight is 303 g/mol. The van der Waals surface area contributed by atoms with E-state index in [0.717, 1.165) is 35.2 Å².